The lowest BCUT2D eigenvalue weighted by molar-refractivity contribution is -0.136. The van der Waals surface area contributed by atoms with E-state index in [0.717, 1.165) is 50.3 Å². The Morgan fingerprint density at radius 2 is 1.55 bits per heavy atom. The molecule has 6 nitrogen and oxygen atoms in total. The second-order valence-corrected chi connectivity index (χ2v) is 8.72. The van der Waals surface area contributed by atoms with Gasteiger partial charge in [0.1, 0.15) is 0 Å². The molecule has 2 aromatic rings. The van der Waals surface area contributed by atoms with Crippen molar-refractivity contribution < 1.29 is 9.59 Å². The number of amides is 2. The highest BCUT2D eigenvalue weighted by Gasteiger charge is 2.19. The summed E-state index contributed by atoms with van der Waals surface area (Å²) in [6, 6.07) is 13.9. The van der Waals surface area contributed by atoms with Crippen LogP contribution >= 0.6 is 0 Å². The van der Waals surface area contributed by atoms with Crippen LogP contribution in [0.5, 0.6) is 0 Å². The molecule has 164 valence electrons. The Labute approximate surface area is 184 Å². The number of hydrogen-bond acceptors (Lipinski definition) is 4. The van der Waals surface area contributed by atoms with E-state index >= 15 is 0 Å². The minimum absolute atomic E-state index is 0.218. The molecule has 6 heteroatoms. The van der Waals surface area contributed by atoms with Gasteiger partial charge in [-0.25, -0.2) is 0 Å². The first-order chi connectivity index (χ1) is 15.0. The average molecular weight is 421 g/mol. The number of benzene rings is 2. The number of nitrogens with zero attached hydrogens (tertiary/aromatic N) is 2. The summed E-state index contributed by atoms with van der Waals surface area (Å²) >= 11 is 0. The van der Waals surface area contributed by atoms with E-state index in [1.807, 2.05) is 31.2 Å². The van der Waals surface area contributed by atoms with Crippen LogP contribution in [-0.2, 0) is 22.4 Å². The fourth-order valence-corrected chi connectivity index (χ4v) is 4.38. The fraction of sp³-hybridized carbons (Fsp3) is 0.440. The number of aryl methyl sites for hydroxylation is 2. The summed E-state index contributed by atoms with van der Waals surface area (Å²) in [7, 11) is 2.13. The smallest absolute Gasteiger partial charge is 0.313 e. The zero-order chi connectivity index (χ0) is 21.8. The number of rotatable bonds is 4. The predicted octanol–water partition coefficient (Wildman–Crippen LogP) is 3.13. The molecule has 0 radical (unpaired) electrons. The Morgan fingerprint density at radius 1 is 0.871 bits per heavy atom. The molecule has 0 aromatic heterocycles. The van der Waals surface area contributed by atoms with Gasteiger partial charge in [-0.2, -0.15) is 0 Å². The van der Waals surface area contributed by atoms with Crippen molar-refractivity contribution in [3.63, 3.8) is 0 Å². The molecular formula is C25H32N4O2. The molecule has 1 aliphatic heterocycles. The van der Waals surface area contributed by atoms with Crippen molar-refractivity contribution in [2.24, 2.45) is 0 Å². The van der Waals surface area contributed by atoms with Crippen LogP contribution in [0.3, 0.4) is 0 Å². The molecule has 1 aliphatic carbocycles. The largest absolute Gasteiger partial charge is 0.369 e. The topological polar surface area (TPSA) is 64.7 Å². The Bertz CT molecular complexity index is 933. The van der Waals surface area contributed by atoms with Crippen LogP contribution in [0.25, 0.3) is 0 Å². The van der Waals surface area contributed by atoms with Crippen LogP contribution < -0.4 is 15.5 Å². The summed E-state index contributed by atoms with van der Waals surface area (Å²) in [5.74, 6) is -1.26. The maximum absolute atomic E-state index is 12.4. The molecule has 1 saturated heterocycles. The Balaban J connectivity index is 1.31. The third-order valence-electron chi connectivity index (χ3n) is 6.42. The van der Waals surface area contributed by atoms with Crippen molar-refractivity contribution in [3.05, 3.63) is 59.2 Å². The molecule has 2 aliphatic rings. The van der Waals surface area contributed by atoms with Gasteiger partial charge in [-0.05, 0) is 80.6 Å². The molecule has 0 spiro atoms. The summed E-state index contributed by atoms with van der Waals surface area (Å²) in [4.78, 5) is 29.5. The van der Waals surface area contributed by atoms with E-state index in [-0.39, 0.29) is 6.04 Å². The highest BCUT2D eigenvalue weighted by molar-refractivity contribution is 6.39. The molecule has 4 rings (SSSR count). The quantitative estimate of drug-likeness (QED) is 0.746. The first kappa shape index (κ1) is 21.4. The van der Waals surface area contributed by atoms with Gasteiger partial charge in [0.2, 0.25) is 0 Å². The van der Waals surface area contributed by atoms with Gasteiger partial charge in [-0.15, -0.1) is 0 Å². The fourth-order valence-electron chi connectivity index (χ4n) is 4.38. The Morgan fingerprint density at radius 3 is 2.26 bits per heavy atom. The molecular weight excluding hydrogens is 388 g/mol. The van der Waals surface area contributed by atoms with E-state index in [9.17, 15) is 9.59 Å². The average Bonchev–Trinajstić information content (AvgIpc) is 2.79. The molecule has 0 bridgehead atoms. The lowest BCUT2D eigenvalue weighted by Gasteiger charge is -2.34. The van der Waals surface area contributed by atoms with E-state index < -0.39 is 11.8 Å². The number of anilines is 2. The molecule has 0 saturated carbocycles. The van der Waals surface area contributed by atoms with Crippen LogP contribution in [0.2, 0.25) is 0 Å². The number of carbonyl (C=O) groups is 2. The van der Waals surface area contributed by atoms with Gasteiger partial charge in [0, 0.05) is 37.6 Å². The van der Waals surface area contributed by atoms with Crippen molar-refractivity contribution in [2.75, 3.05) is 43.4 Å². The Kier molecular flexibility index (Phi) is 6.56. The minimum Gasteiger partial charge on any atom is -0.369 e. The highest BCUT2D eigenvalue weighted by Crippen LogP contribution is 2.25. The second-order valence-electron chi connectivity index (χ2n) is 8.72. The molecule has 1 unspecified atom stereocenters. The van der Waals surface area contributed by atoms with Crippen LogP contribution in [0.4, 0.5) is 11.4 Å². The van der Waals surface area contributed by atoms with E-state index in [1.165, 1.54) is 24.0 Å². The lowest BCUT2D eigenvalue weighted by atomic mass is 9.89. The molecule has 1 atom stereocenters. The van der Waals surface area contributed by atoms with Gasteiger partial charge >= 0.3 is 11.8 Å². The predicted molar refractivity (Wildman–Crippen MR) is 124 cm³/mol. The zero-order valence-electron chi connectivity index (χ0n) is 18.5. The summed E-state index contributed by atoms with van der Waals surface area (Å²) in [6.07, 6.45) is 4.68. The van der Waals surface area contributed by atoms with Crippen LogP contribution in [0.1, 0.15) is 42.5 Å². The second kappa shape index (κ2) is 9.52. The van der Waals surface area contributed by atoms with E-state index in [0.29, 0.717) is 5.69 Å². The van der Waals surface area contributed by atoms with Gasteiger partial charge in [-0.3, -0.25) is 9.59 Å². The third kappa shape index (κ3) is 5.25. The Hall–Kier alpha value is -2.86. The molecule has 1 heterocycles. The van der Waals surface area contributed by atoms with Crippen LogP contribution in [0, 0.1) is 0 Å². The van der Waals surface area contributed by atoms with Crippen molar-refractivity contribution in [1.82, 2.24) is 10.2 Å². The molecule has 2 amide bonds. The standard InChI is InChI=1S/C25H32N4O2/c1-18(20-8-7-19-5-3-4-6-21(19)17-20)26-24(30)25(31)27-22-9-11-23(12-10-22)29-15-13-28(2)14-16-29/h7-12,17-18H,3-6,13-16H2,1-2H3,(H,26,30)(H,27,31). The number of nitrogens with one attached hydrogen (secondary N) is 2. The molecule has 2 aromatic carbocycles. The normalized spacial score (nSPS) is 17.5. The van der Waals surface area contributed by atoms with Gasteiger partial charge in [0.05, 0.1) is 6.04 Å². The van der Waals surface area contributed by atoms with Gasteiger partial charge in [-0.1, -0.05) is 18.2 Å². The monoisotopic (exact) mass is 420 g/mol. The van der Waals surface area contributed by atoms with E-state index in [4.69, 9.17) is 0 Å². The van der Waals surface area contributed by atoms with Gasteiger partial charge in [0.25, 0.3) is 0 Å². The van der Waals surface area contributed by atoms with Crippen molar-refractivity contribution in [2.45, 2.75) is 38.6 Å². The third-order valence-corrected chi connectivity index (χ3v) is 6.42. The first-order valence-electron chi connectivity index (χ1n) is 11.3. The van der Waals surface area contributed by atoms with Gasteiger partial charge in [0.15, 0.2) is 0 Å². The minimum atomic E-state index is -0.642. The maximum Gasteiger partial charge on any atom is 0.313 e. The summed E-state index contributed by atoms with van der Waals surface area (Å²) < 4.78 is 0. The summed E-state index contributed by atoms with van der Waals surface area (Å²) in [5.41, 5.74) is 5.58. The van der Waals surface area contributed by atoms with Crippen molar-refractivity contribution in [1.29, 1.82) is 0 Å². The number of hydrogen-bond donors (Lipinski definition) is 2. The van der Waals surface area contributed by atoms with E-state index in [2.05, 4.69) is 45.7 Å². The molecule has 1 fully saturated rings. The zero-order valence-corrected chi connectivity index (χ0v) is 18.5. The summed E-state index contributed by atoms with van der Waals surface area (Å²) in [6.45, 7) is 5.99. The van der Waals surface area contributed by atoms with Gasteiger partial charge < -0.3 is 20.4 Å². The molecule has 2 N–H and O–H groups in total. The summed E-state index contributed by atoms with van der Waals surface area (Å²) in [5, 5.41) is 5.53. The van der Waals surface area contributed by atoms with Crippen LogP contribution in [-0.4, -0.2) is 49.9 Å². The van der Waals surface area contributed by atoms with Crippen LogP contribution in [0.15, 0.2) is 42.5 Å². The maximum atomic E-state index is 12.4. The lowest BCUT2D eigenvalue weighted by Crippen LogP contribution is -2.44. The number of piperazine rings is 1. The number of likely N-dealkylation sites (N-methyl/N-ethyl adjacent to an activating group) is 1. The first-order valence-corrected chi connectivity index (χ1v) is 11.3. The SMILES string of the molecule is CC(NC(=O)C(=O)Nc1ccc(N2CCN(C)CC2)cc1)c1ccc2c(c1)CCCC2. The highest BCUT2D eigenvalue weighted by atomic mass is 16.2. The molecule has 31 heavy (non-hydrogen) atoms. The number of carbonyl (C=O) groups excluding carboxylic acids is 2. The number of fused-ring (bicyclic) bond motifs is 1. The van der Waals surface area contributed by atoms with Crippen molar-refractivity contribution in [3.8, 4) is 0 Å². The van der Waals surface area contributed by atoms with E-state index in [1.54, 1.807) is 0 Å². The van der Waals surface area contributed by atoms with Crippen molar-refractivity contribution >= 4 is 23.2 Å².